The molecule has 1 saturated heterocycles. The normalized spacial score (nSPS) is 19.4. The molecule has 1 aliphatic heterocycles. The van der Waals surface area contributed by atoms with Crippen LogP contribution in [-0.4, -0.2) is 35.7 Å². The second-order valence-corrected chi connectivity index (χ2v) is 5.65. The summed E-state index contributed by atoms with van der Waals surface area (Å²) >= 11 is 0. The first-order chi connectivity index (χ1) is 9.13. The molecular weight excluding hydrogens is 240 g/mol. The van der Waals surface area contributed by atoms with Crippen molar-refractivity contribution < 1.29 is 0 Å². The summed E-state index contributed by atoms with van der Waals surface area (Å²) in [5, 5.41) is 3.20. The Labute approximate surface area is 114 Å². The second-order valence-electron chi connectivity index (χ2n) is 5.65. The molecular formula is C14H24N4O. The standard InChI is InChI=1S/C14H24N4O/c1-11(2)10-17-8-6-16-13(14(17)19)18-7-4-5-12(18)9-15-3/h6,8,11-12,15H,4-5,7,9-10H2,1-3H3. The molecule has 0 amide bonds. The SMILES string of the molecule is CNCC1CCCN1c1nccn(CC(C)C)c1=O. The maximum atomic E-state index is 12.5. The van der Waals surface area contributed by atoms with E-state index in [1.165, 1.54) is 0 Å². The van der Waals surface area contributed by atoms with Crippen LogP contribution in [0, 0.1) is 5.92 Å². The number of hydrogen-bond acceptors (Lipinski definition) is 4. The fourth-order valence-electron chi connectivity index (χ4n) is 2.73. The highest BCUT2D eigenvalue weighted by Gasteiger charge is 2.27. The van der Waals surface area contributed by atoms with Gasteiger partial charge in [-0.25, -0.2) is 4.98 Å². The maximum absolute atomic E-state index is 12.5. The summed E-state index contributed by atoms with van der Waals surface area (Å²) in [6.45, 7) is 6.82. The Morgan fingerprint density at radius 2 is 2.32 bits per heavy atom. The lowest BCUT2D eigenvalue weighted by atomic mass is 10.2. The van der Waals surface area contributed by atoms with Gasteiger partial charge in [-0.1, -0.05) is 13.8 Å². The molecule has 1 aromatic rings. The van der Waals surface area contributed by atoms with Crippen molar-refractivity contribution in [2.75, 3.05) is 25.0 Å². The topological polar surface area (TPSA) is 50.2 Å². The van der Waals surface area contributed by atoms with Crippen molar-refractivity contribution in [3.8, 4) is 0 Å². The zero-order valence-electron chi connectivity index (χ0n) is 12.1. The van der Waals surface area contributed by atoms with Gasteiger partial charge in [0.05, 0.1) is 0 Å². The van der Waals surface area contributed by atoms with Gasteiger partial charge in [0.2, 0.25) is 0 Å². The average molecular weight is 264 g/mol. The summed E-state index contributed by atoms with van der Waals surface area (Å²) in [7, 11) is 1.95. The summed E-state index contributed by atoms with van der Waals surface area (Å²) < 4.78 is 1.78. The first-order valence-corrected chi connectivity index (χ1v) is 7.10. The Kier molecular flexibility index (Phi) is 4.58. The lowest BCUT2D eigenvalue weighted by Gasteiger charge is -2.25. The molecule has 0 spiro atoms. The largest absolute Gasteiger partial charge is 0.348 e. The van der Waals surface area contributed by atoms with Crippen LogP contribution in [0.15, 0.2) is 17.2 Å². The van der Waals surface area contributed by atoms with E-state index in [0.29, 0.717) is 17.8 Å². The lowest BCUT2D eigenvalue weighted by molar-refractivity contribution is 0.506. The number of nitrogens with one attached hydrogen (secondary N) is 1. The van der Waals surface area contributed by atoms with E-state index in [1.54, 1.807) is 17.0 Å². The van der Waals surface area contributed by atoms with E-state index in [9.17, 15) is 4.79 Å². The van der Waals surface area contributed by atoms with Gasteiger partial charge in [0.1, 0.15) is 0 Å². The summed E-state index contributed by atoms with van der Waals surface area (Å²) in [5.41, 5.74) is 0.0409. The molecule has 0 aliphatic carbocycles. The van der Waals surface area contributed by atoms with Crippen LogP contribution in [0.25, 0.3) is 0 Å². The minimum Gasteiger partial charge on any atom is -0.348 e. The van der Waals surface area contributed by atoms with Gasteiger partial charge in [0.15, 0.2) is 5.82 Å². The third-order valence-electron chi connectivity index (χ3n) is 3.55. The Bertz CT molecular complexity index is 469. The molecule has 1 aliphatic rings. The van der Waals surface area contributed by atoms with E-state index >= 15 is 0 Å². The number of nitrogens with zero attached hydrogens (tertiary/aromatic N) is 3. The summed E-state index contributed by atoms with van der Waals surface area (Å²) in [6, 6.07) is 0.389. The molecule has 1 unspecified atom stereocenters. The molecule has 106 valence electrons. The highest BCUT2D eigenvalue weighted by Crippen LogP contribution is 2.20. The maximum Gasteiger partial charge on any atom is 0.293 e. The molecule has 1 fully saturated rings. The first kappa shape index (κ1) is 14.1. The average Bonchev–Trinajstić information content (AvgIpc) is 2.80. The van der Waals surface area contributed by atoms with Crippen molar-refractivity contribution in [2.45, 2.75) is 39.3 Å². The molecule has 1 aromatic heterocycles. The van der Waals surface area contributed by atoms with Gasteiger partial charge in [-0.2, -0.15) is 0 Å². The summed E-state index contributed by atoms with van der Waals surface area (Å²) in [4.78, 5) is 19.0. The minimum absolute atomic E-state index is 0.0409. The van der Waals surface area contributed by atoms with Crippen LogP contribution in [-0.2, 0) is 6.54 Å². The monoisotopic (exact) mass is 264 g/mol. The number of anilines is 1. The Morgan fingerprint density at radius 3 is 3.00 bits per heavy atom. The van der Waals surface area contributed by atoms with E-state index in [-0.39, 0.29) is 5.56 Å². The quantitative estimate of drug-likeness (QED) is 0.865. The van der Waals surface area contributed by atoms with Gasteiger partial charge in [0.25, 0.3) is 5.56 Å². The van der Waals surface area contributed by atoms with Crippen LogP contribution in [0.3, 0.4) is 0 Å². The van der Waals surface area contributed by atoms with Crippen LogP contribution >= 0.6 is 0 Å². The first-order valence-electron chi connectivity index (χ1n) is 7.10. The minimum atomic E-state index is 0.0409. The number of likely N-dealkylation sites (N-methyl/N-ethyl adjacent to an activating group) is 1. The molecule has 1 atom stereocenters. The molecule has 0 radical (unpaired) electrons. The zero-order valence-corrected chi connectivity index (χ0v) is 12.1. The van der Waals surface area contributed by atoms with Crippen LogP contribution in [0.4, 0.5) is 5.82 Å². The summed E-state index contributed by atoms with van der Waals surface area (Å²) in [6.07, 6.45) is 5.79. The molecule has 1 N–H and O–H groups in total. The van der Waals surface area contributed by atoms with Gasteiger partial charge >= 0.3 is 0 Å². The predicted octanol–water partition coefficient (Wildman–Crippen LogP) is 1.09. The smallest absolute Gasteiger partial charge is 0.293 e. The van der Waals surface area contributed by atoms with Crippen LogP contribution in [0.5, 0.6) is 0 Å². The van der Waals surface area contributed by atoms with Gasteiger partial charge in [-0.05, 0) is 25.8 Å². The third kappa shape index (κ3) is 3.15. The van der Waals surface area contributed by atoms with Crippen molar-refractivity contribution in [3.05, 3.63) is 22.7 Å². The van der Waals surface area contributed by atoms with Crippen molar-refractivity contribution >= 4 is 5.82 Å². The summed E-state index contributed by atoms with van der Waals surface area (Å²) in [5.74, 6) is 1.07. The molecule has 0 saturated carbocycles. The number of rotatable bonds is 5. The molecule has 5 heteroatoms. The van der Waals surface area contributed by atoms with Crippen molar-refractivity contribution in [3.63, 3.8) is 0 Å². The molecule has 19 heavy (non-hydrogen) atoms. The lowest BCUT2D eigenvalue weighted by Crippen LogP contribution is -2.41. The van der Waals surface area contributed by atoms with Crippen molar-refractivity contribution in [1.29, 1.82) is 0 Å². The van der Waals surface area contributed by atoms with Crippen LogP contribution in [0.1, 0.15) is 26.7 Å². The van der Waals surface area contributed by atoms with Crippen LogP contribution < -0.4 is 15.8 Å². The Hall–Kier alpha value is -1.36. The molecule has 0 bridgehead atoms. The fourth-order valence-corrected chi connectivity index (χ4v) is 2.73. The second kappa shape index (κ2) is 6.19. The van der Waals surface area contributed by atoms with Crippen molar-refractivity contribution in [1.82, 2.24) is 14.9 Å². The van der Waals surface area contributed by atoms with Crippen LogP contribution in [0.2, 0.25) is 0 Å². The van der Waals surface area contributed by atoms with Crippen molar-refractivity contribution in [2.24, 2.45) is 5.92 Å². The molecule has 0 aromatic carbocycles. The zero-order chi connectivity index (χ0) is 13.8. The Morgan fingerprint density at radius 1 is 1.53 bits per heavy atom. The number of aromatic nitrogens is 2. The van der Waals surface area contributed by atoms with Gasteiger partial charge < -0.3 is 14.8 Å². The molecule has 2 rings (SSSR count). The Balaban J connectivity index is 2.27. The highest BCUT2D eigenvalue weighted by atomic mass is 16.1. The fraction of sp³-hybridized carbons (Fsp3) is 0.714. The van der Waals surface area contributed by atoms with E-state index in [1.807, 2.05) is 7.05 Å². The van der Waals surface area contributed by atoms with E-state index < -0.39 is 0 Å². The van der Waals surface area contributed by atoms with E-state index in [2.05, 4.69) is 29.0 Å². The predicted molar refractivity (Wildman–Crippen MR) is 77.6 cm³/mol. The molecule has 5 nitrogen and oxygen atoms in total. The van der Waals surface area contributed by atoms with Gasteiger partial charge in [-0.15, -0.1) is 0 Å². The van der Waals surface area contributed by atoms with Gasteiger partial charge in [-0.3, -0.25) is 4.79 Å². The van der Waals surface area contributed by atoms with E-state index in [4.69, 9.17) is 0 Å². The van der Waals surface area contributed by atoms with E-state index in [0.717, 1.165) is 32.5 Å². The number of hydrogen-bond donors (Lipinski definition) is 1. The molecule has 2 heterocycles. The third-order valence-corrected chi connectivity index (χ3v) is 3.55. The highest BCUT2D eigenvalue weighted by molar-refractivity contribution is 5.38. The van der Waals surface area contributed by atoms with Gasteiger partial charge in [0, 0.05) is 38.1 Å².